The van der Waals surface area contributed by atoms with Gasteiger partial charge in [0.15, 0.2) is 0 Å². The van der Waals surface area contributed by atoms with E-state index in [0.29, 0.717) is 13.1 Å². The van der Waals surface area contributed by atoms with Gasteiger partial charge in [-0.3, -0.25) is 15.1 Å². The number of piperazine rings is 1. The van der Waals surface area contributed by atoms with Crippen molar-refractivity contribution >= 4 is 39.0 Å². The SMILES string of the molecule is CC1NCCN(S(=O)(=O)c2ccc([N+](=O)[O-])c3cccnc23)C1C.Cl. The van der Waals surface area contributed by atoms with E-state index < -0.39 is 14.9 Å². The number of fused-ring (bicyclic) bond motifs is 1. The van der Waals surface area contributed by atoms with Gasteiger partial charge in [0.25, 0.3) is 5.69 Å². The van der Waals surface area contributed by atoms with Crippen LogP contribution in [0.3, 0.4) is 0 Å². The fraction of sp³-hybridized carbons (Fsp3) is 0.400. The minimum atomic E-state index is -3.80. The van der Waals surface area contributed by atoms with Crippen LogP contribution in [-0.4, -0.2) is 47.8 Å². The third-order valence-corrected chi connectivity index (χ3v) is 6.49. The molecule has 0 radical (unpaired) electrons. The largest absolute Gasteiger partial charge is 0.311 e. The van der Waals surface area contributed by atoms with Crippen LogP contribution in [0.25, 0.3) is 10.9 Å². The van der Waals surface area contributed by atoms with Gasteiger partial charge in [-0.25, -0.2) is 8.42 Å². The normalized spacial score (nSPS) is 21.7. The first kappa shape index (κ1) is 19.5. The van der Waals surface area contributed by atoms with Gasteiger partial charge >= 0.3 is 0 Å². The molecule has 1 N–H and O–H groups in total. The Balaban J connectivity index is 0.00000225. The summed E-state index contributed by atoms with van der Waals surface area (Å²) in [6.45, 7) is 4.68. The van der Waals surface area contributed by atoms with E-state index in [1.807, 2.05) is 13.8 Å². The fourth-order valence-corrected chi connectivity index (χ4v) is 4.84. The summed E-state index contributed by atoms with van der Waals surface area (Å²) in [7, 11) is -3.80. The van der Waals surface area contributed by atoms with Crippen molar-refractivity contribution in [1.29, 1.82) is 0 Å². The van der Waals surface area contributed by atoms with Crippen molar-refractivity contribution in [2.75, 3.05) is 13.1 Å². The zero-order valence-corrected chi connectivity index (χ0v) is 15.4. The lowest BCUT2D eigenvalue weighted by atomic mass is 10.1. The average molecular weight is 387 g/mol. The van der Waals surface area contributed by atoms with E-state index in [9.17, 15) is 18.5 Å². The van der Waals surface area contributed by atoms with E-state index in [-0.39, 0.29) is 46.0 Å². The molecule has 10 heteroatoms. The summed E-state index contributed by atoms with van der Waals surface area (Å²) >= 11 is 0. The first-order chi connectivity index (χ1) is 11.3. The van der Waals surface area contributed by atoms with Crippen LogP contribution in [0.4, 0.5) is 5.69 Å². The summed E-state index contributed by atoms with van der Waals surface area (Å²) in [6, 6.07) is 5.38. The smallest absolute Gasteiger partial charge is 0.278 e. The van der Waals surface area contributed by atoms with Crippen molar-refractivity contribution in [3.8, 4) is 0 Å². The van der Waals surface area contributed by atoms with E-state index in [0.717, 1.165) is 0 Å². The lowest BCUT2D eigenvalue weighted by Gasteiger charge is -2.37. The number of non-ortho nitro benzene ring substituents is 1. The molecule has 136 valence electrons. The molecule has 2 aromatic rings. The van der Waals surface area contributed by atoms with Gasteiger partial charge in [0.05, 0.1) is 15.8 Å². The monoisotopic (exact) mass is 386 g/mol. The molecule has 25 heavy (non-hydrogen) atoms. The van der Waals surface area contributed by atoms with Crippen molar-refractivity contribution < 1.29 is 13.3 Å². The van der Waals surface area contributed by atoms with Gasteiger partial charge in [-0.1, -0.05) is 0 Å². The Labute approximate surface area is 151 Å². The number of halogens is 1. The van der Waals surface area contributed by atoms with Crippen LogP contribution in [-0.2, 0) is 10.0 Å². The number of nitrogens with one attached hydrogen (secondary N) is 1. The lowest BCUT2D eigenvalue weighted by Crippen LogP contribution is -2.57. The lowest BCUT2D eigenvalue weighted by molar-refractivity contribution is -0.383. The second-order valence-electron chi connectivity index (χ2n) is 5.84. The second-order valence-corrected chi connectivity index (χ2v) is 7.70. The van der Waals surface area contributed by atoms with E-state index in [4.69, 9.17) is 0 Å². The molecule has 1 saturated heterocycles. The van der Waals surface area contributed by atoms with Crippen molar-refractivity contribution in [3.63, 3.8) is 0 Å². The topological polar surface area (TPSA) is 105 Å². The number of nitro groups is 1. The molecule has 0 spiro atoms. The number of hydrogen-bond donors (Lipinski definition) is 1. The van der Waals surface area contributed by atoms with Gasteiger partial charge in [0.1, 0.15) is 4.90 Å². The molecule has 0 bridgehead atoms. The molecule has 0 aliphatic carbocycles. The van der Waals surface area contributed by atoms with Crippen molar-refractivity contribution in [1.82, 2.24) is 14.6 Å². The van der Waals surface area contributed by atoms with Crippen molar-refractivity contribution in [3.05, 3.63) is 40.6 Å². The molecule has 1 fully saturated rings. The minimum Gasteiger partial charge on any atom is -0.311 e. The number of hydrogen-bond acceptors (Lipinski definition) is 6. The molecule has 3 rings (SSSR count). The second kappa shape index (κ2) is 7.20. The van der Waals surface area contributed by atoms with Crippen molar-refractivity contribution in [2.24, 2.45) is 0 Å². The average Bonchev–Trinajstić information content (AvgIpc) is 2.55. The van der Waals surface area contributed by atoms with Crippen LogP contribution in [0, 0.1) is 10.1 Å². The Morgan fingerprint density at radius 1 is 1.32 bits per heavy atom. The predicted octanol–water partition coefficient (Wildman–Crippen LogP) is 1.94. The van der Waals surface area contributed by atoms with E-state index in [1.54, 1.807) is 6.07 Å². The number of nitro benzene ring substituents is 1. The summed E-state index contributed by atoms with van der Waals surface area (Å²) in [4.78, 5) is 14.8. The first-order valence-electron chi connectivity index (χ1n) is 7.61. The number of pyridine rings is 1. The number of benzene rings is 1. The summed E-state index contributed by atoms with van der Waals surface area (Å²) in [6.07, 6.45) is 1.44. The summed E-state index contributed by atoms with van der Waals surface area (Å²) in [5, 5.41) is 14.6. The van der Waals surface area contributed by atoms with E-state index in [1.165, 1.54) is 28.7 Å². The van der Waals surface area contributed by atoms with Crippen molar-refractivity contribution in [2.45, 2.75) is 30.8 Å². The highest BCUT2D eigenvalue weighted by Crippen LogP contribution is 2.32. The predicted molar refractivity (Wildman–Crippen MR) is 96.5 cm³/mol. The van der Waals surface area contributed by atoms with Gasteiger partial charge in [-0.15, -0.1) is 12.4 Å². The maximum absolute atomic E-state index is 13.1. The zero-order chi connectivity index (χ0) is 17.5. The summed E-state index contributed by atoms with van der Waals surface area (Å²) in [5.74, 6) is 0. The van der Waals surface area contributed by atoms with E-state index in [2.05, 4.69) is 10.3 Å². The highest BCUT2D eigenvalue weighted by molar-refractivity contribution is 7.89. The fourth-order valence-electron chi connectivity index (χ4n) is 2.99. The highest BCUT2D eigenvalue weighted by Gasteiger charge is 2.36. The molecule has 2 atom stereocenters. The van der Waals surface area contributed by atoms with Crippen LogP contribution >= 0.6 is 12.4 Å². The van der Waals surface area contributed by atoms with Gasteiger partial charge in [0.2, 0.25) is 10.0 Å². The maximum Gasteiger partial charge on any atom is 0.278 e. The van der Waals surface area contributed by atoms with Crippen LogP contribution in [0.5, 0.6) is 0 Å². The third-order valence-electron chi connectivity index (χ3n) is 4.47. The first-order valence-corrected chi connectivity index (χ1v) is 9.05. The number of aromatic nitrogens is 1. The van der Waals surface area contributed by atoms with Crippen LogP contribution in [0.15, 0.2) is 35.4 Å². The Morgan fingerprint density at radius 2 is 2.04 bits per heavy atom. The molecule has 2 unspecified atom stereocenters. The molecule has 1 aromatic heterocycles. The number of rotatable bonds is 3. The molecular weight excluding hydrogens is 368 g/mol. The van der Waals surface area contributed by atoms with Crippen LogP contribution in [0.2, 0.25) is 0 Å². The molecule has 2 heterocycles. The minimum absolute atomic E-state index is 0. The van der Waals surface area contributed by atoms with Gasteiger partial charge in [0, 0.05) is 37.4 Å². The molecule has 0 amide bonds. The van der Waals surface area contributed by atoms with Crippen LogP contribution < -0.4 is 5.32 Å². The number of nitrogens with zero attached hydrogens (tertiary/aromatic N) is 3. The molecule has 0 saturated carbocycles. The van der Waals surface area contributed by atoms with Gasteiger partial charge < -0.3 is 5.32 Å². The summed E-state index contributed by atoms with van der Waals surface area (Å²) in [5.41, 5.74) is -0.0242. The summed E-state index contributed by atoms with van der Waals surface area (Å²) < 4.78 is 27.7. The Bertz CT molecular complexity index is 906. The molecular formula is C15H19ClN4O4S. The molecule has 8 nitrogen and oxygen atoms in total. The van der Waals surface area contributed by atoms with Gasteiger partial charge in [-0.2, -0.15) is 4.31 Å². The zero-order valence-electron chi connectivity index (χ0n) is 13.7. The maximum atomic E-state index is 13.1. The molecule has 1 aliphatic heterocycles. The Morgan fingerprint density at radius 3 is 2.72 bits per heavy atom. The highest BCUT2D eigenvalue weighted by atomic mass is 35.5. The third kappa shape index (κ3) is 3.32. The molecule has 1 aromatic carbocycles. The van der Waals surface area contributed by atoms with E-state index >= 15 is 0 Å². The molecule has 1 aliphatic rings. The van der Waals surface area contributed by atoms with Gasteiger partial charge in [-0.05, 0) is 32.0 Å². The number of sulfonamides is 1. The van der Waals surface area contributed by atoms with Crippen LogP contribution in [0.1, 0.15) is 13.8 Å². The Kier molecular flexibility index (Phi) is 5.62. The Hall–Kier alpha value is -1.81. The standard InChI is InChI=1S/C15H18N4O4S.ClH/c1-10-11(2)18(9-8-16-10)24(22,23)14-6-5-13(19(20)21)12-4-3-7-17-15(12)14;/h3-7,10-11,16H,8-9H2,1-2H3;1H. The quantitative estimate of drug-likeness (QED) is 0.638.